The van der Waals surface area contributed by atoms with Gasteiger partial charge in [-0.05, 0) is 25.1 Å². The lowest BCUT2D eigenvalue weighted by molar-refractivity contribution is 1.13. The van der Waals surface area contributed by atoms with Crippen molar-refractivity contribution in [2.24, 2.45) is 0 Å². The normalized spacial score (nSPS) is 9.65. The van der Waals surface area contributed by atoms with Crippen molar-refractivity contribution in [2.75, 3.05) is 5.32 Å². The van der Waals surface area contributed by atoms with Gasteiger partial charge in [0, 0.05) is 11.4 Å². The number of nitriles is 1. The molecule has 0 spiro atoms. The summed E-state index contributed by atoms with van der Waals surface area (Å²) in [6.07, 6.45) is 0. The van der Waals surface area contributed by atoms with Crippen LogP contribution in [0, 0.1) is 18.3 Å². The van der Waals surface area contributed by atoms with Gasteiger partial charge in [-0.3, -0.25) is 4.79 Å². The molecule has 1 heterocycles. The van der Waals surface area contributed by atoms with E-state index < -0.39 is 0 Å². The van der Waals surface area contributed by atoms with Crippen LogP contribution >= 0.6 is 0 Å². The Labute approximate surface area is 98.5 Å². The third-order valence-corrected chi connectivity index (χ3v) is 2.33. The smallest absolute Gasteiger partial charge is 0.268 e. The molecule has 0 amide bonds. The van der Waals surface area contributed by atoms with E-state index >= 15 is 0 Å². The van der Waals surface area contributed by atoms with Crippen LogP contribution < -0.4 is 10.9 Å². The molecule has 0 saturated heterocycles. The molecule has 0 saturated carbocycles. The summed E-state index contributed by atoms with van der Waals surface area (Å²) in [4.78, 5) is 14.2. The number of anilines is 2. The van der Waals surface area contributed by atoms with Gasteiger partial charge in [0.2, 0.25) is 0 Å². The van der Waals surface area contributed by atoms with E-state index in [-0.39, 0.29) is 11.1 Å². The van der Waals surface area contributed by atoms with E-state index in [0.29, 0.717) is 11.4 Å². The van der Waals surface area contributed by atoms with Gasteiger partial charge < -0.3 is 10.3 Å². The molecule has 0 fully saturated rings. The largest absolute Gasteiger partial charge is 0.354 e. The van der Waals surface area contributed by atoms with Crippen molar-refractivity contribution < 1.29 is 0 Å². The van der Waals surface area contributed by atoms with Gasteiger partial charge in [-0.2, -0.15) is 5.26 Å². The van der Waals surface area contributed by atoms with Crippen molar-refractivity contribution in [1.82, 2.24) is 4.98 Å². The molecule has 0 aliphatic rings. The maximum absolute atomic E-state index is 11.6. The first-order chi connectivity index (χ1) is 8.20. The molecule has 84 valence electrons. The second-order valence-electron chi connectivity index (χ2n) is 3.67. The number of hydrogen-bond acceptors (Lipinski definition) is 3. The summed E-state index contributed by atoms with van der Waals surface area (Å²) >= 11 is 0. The highest BCUT2D eigenvalue weighted by atomic mass is 16.1. The number of hydrogen-bond donors (Lipinski definition) is 2. The number of aromatic amines is 1. The zero-order valence-corrected chi connectivity index (χ0v) is 9.32. The molecule has 2 rings (SSSR count). The van der Waals surface area contributed by atoms with Crippen LogP contribution in [0.25, 0.3) is 0 Å². The summed E-state index contributed by atoms with van der Waals surface area (Å²) in [7, 11) is 0. The highest BCUT2D eigenvalue weighted by Crippen LogP contribution is 2.18. The maximum atomic E-state index is 11.6. The van der Waals surface area contributed by atoms with Crippen LogP contribution in [0.2, 0.25) is 0 Å². The molecule has 0 aliphatic carbocycles. The van der Waals surface area contributed by atoms with E-state index in [1.54, 1.807) is 13.0 Å². The summed E-state index contributed by atoms with van der Waals surface area (Å²) in [5, 5.41) is 12.0. The molecule has 0 unspecified atom stereocenters. The molecule has 4 heteroatoms. The molecule has 2 N–H and O–H groups in total. The predicted octanol–water partition coefficient (Wildman–Crippen LogP) is 2.30. The van der Waals surface area contributed by atoms with Gasteiger partial charge in [0.15, 0.2) is 0 Å². The van der Waals surface area contributed by atoms with Crippen LogP contribution in [0.1, 0.15) is 11.3 Å². The van der Waals surface area contributed by atoms with Crippen LogP contribution in [0.15, 0.2) is 41.2 Å². The van der Waals surface area contributed by atoms with Crippen molar-refractivity contribution in [3.8, 4) is 6.07 Å². The molecule has 1 aromatic carbocycles. The number of aromatic nitrogens is 1. The Kier molecular flexibility index (Phi) is 2.93. The van der Waals surface area contributed by atoms with E-state index in [2.05, 4.69) is 10.3 Å². The minimum absolute atomic E-state index is 0.0967. The van der Waals surface area contributed by atoms with Crippen LogP contribution in [0.4, 0.5) is 11.4 Å². The quantitative estimate of drug-likeness (QED) is 0.823. The van der Waals surface area contributed by atoms with Crippen LogP contribution in [0.3, 0.4) is 0 Å². The summed E-state index contributed by atoms with van der Waals surface area (Å²) in [6.45, 7) is 1.78. The zero-order chi connectivity index (χ0) is 12.3. The predicted molar refractivity (Wildman–Crippen MR) is 66.2 cm³/mol. The first kappa shape index (κ1) is 11.0. The first-order valence-electron chi connectivity index (χ1n) is 5.17. The zero-order valence-electron chi connectivity index (χ0n) is 9.32. The monoisotopic (exact) mass is 225 g/mol. The average Bonchev–Trinajstić information content (AvgIpc) is 2.30. The molecule has 17 heavy (non-hydrogen) atoms. The second-order valence-corrected chi connectivity index (χ2v) is 3.67. The molecule has 0 bridgehead atoms. The number of rotatable bonds is 2. The Balaban J connectivity index is 2.46. The van der Waals surface area contributed by atoms with Gasteiger partial charge in [-0.1, -0.05) is 18.2 Å². The molecule has 4 nitrogen and oxygen atoms in total. The number of pyridine rings is 1. The van der Waals surface area contributed by atoms with Crippen LogP contribution in [0.5, 0.6) is 0 Å². The average molecular weight is 225 g/mol. The van der Waals surface area contributed by atoms with Gasteiger partial charge in [-0.25, -0.2) is 0 Å². The Morgan fingerprint density at radius 1 is 1.29 bits per heavy atom. The van der Waals surface area contributed by atoms with Gasteiger partial charge in [0.05, 0.1) is 5.69 Å². The minimum Gasteiger partial charge on any atom is -0.354 e. The number of benzene rings is 1. The molecule has 0 aliphatic heterocycles. The lowest BCUT2D eigenvalue weighted by Gasteiger charge is -2.08. The molecule has 0 atom stereocenters. The molecular formula is C13H11N3O. The van der Waals surface area contributed by atoms with Gasteiger partial charge >= 0.3 is 0 Å². The van der Waals surface area contributed by atoms with Crippen molar-refractivity contribution >= 4 is 11.4 Å². The number of H-pyrrole nitrogens is 1. The van der Waals surface area contributed by atoms with E-state index in [9.17, 15) is 4.79 Å². The van der Waals surface area contributed by atoms with Gasteiger partial charge in [-0.15, -0.1) is 0 Å². The molecule has 2 aromatic rings. The fourth-order valence-corrected chi connectivity index (χ4v) is 1.58. The number of nitrogens with one attached hydrogen (secondary N) is 2. The van der Waals surface area contributed by atoms with E-state index in [4.69, 9.17) is 5.26 Å². The Morgan fingerprint density at radius 2 is 2.00 bits per heavy atom. The first-order valence-corrected chi connectivity index (χ1v) is 5.17. The molecular weight excluding hydrogens is 214 g/mol. The Morgan fingerprint density at radius 3 is 2.65 bits per heavy atom. The number of aryl methyl sites for hydroxylation is 1. The van der Waals surface area contributed by atoms with Gasteiger partial charge in [0.1, 0.15) is 11.6 Å². The fraction of sp³-hybridized carbons (Fsp3) is 0.0769. The van der Waals surface area contributed by atoms with Crippen molar-refractivity contribution in [3.63, 3.8) is 0 Å². The standard InChI is InChI=1S/C13H11N3O/c1-9-7-12(11(8-14)13(17)15-9)16-10-5-3-2-4-6-10/h2-7H,1H3,(H2,15,16,17). The highest BCUT2D eigenvalue weighted by molar-refractivity contribution is 5.66. The fourth-order valence-electron chi connectivity index (χ4n) is 1.58. The van der Waals surface area contributed by atoms with Crippen molar-refractivity contribution in [1.29, 1.82) is 5.26 Å². The number of para-hydroxylation sites is 1. The summed E-state index contributed by atoms with van der Waals surface area (Å²) < 4.78 is 0. The lowest BCUT2D eigenvalue weighted by Crippen LogP contribution is -2.13. The minimum atomic E-state index is -0.370. The summed E-state index contributed by atoms with van der Waals surface area (Å²) in [6, 6.07) is 13.1. The summed E-state index contributed by atoms with van der Waals surface area (Å²) in [5.41, 5.74) is 1.81. The Bertz CT molecular complexity index is 623. The highest BCUT2D eigenvalue weighted by Gasteiger charge is 2.07. The third kappa shape index (κ3) is 2.34. The SMILES string of the molecule is Cc1cc(Nc2ccccc2)c(C#N)c(=O)[nH]1. The van der Waals surface area contributed by atoms with E-state index in [1.165, 1.54) is 0 Å². The summed E-state index contributed by atoms with van der Waals surface area (Å²) in [5.74, 6) is 0. The van der Waals surface area contributed by atoms with Crippen LogP contribution in [-0.2, 0) is 0 Å². The van der Waals surface area contributed by atoms with Crippen molar-refractivity contribution in [3.05, 3.63) is 58.0 Å². The second kappa shape index (κ2) is 4.54. The third-order valence-electron chi connectivity index (χ3n) is 2.33. The topological polar surface area (TPSA) is 68.7 Å². The van der Waals surface area contributed by atoms with Gasteiger partial charge in [0.25, 0.3) is 5.56 Å². The van der Waals surface area contributed by atoms with Crippen molar-refractivity contribution in [2.45, 2.75) is 6.92 Å². The molecule has 0 radical (unpaired) electrons. The lowest BCUT2D eigenvalue weighted by atomic mass is 10.2. The molecule has 1 aromatic heterocycles. The van der Waals surface area contributed by atoms with E-state index in [0.717, 1.165) is 5.69 Å². The maximum Gasteiger partial charge on any atom is 0.268 e. The number of nitrogens with zero attached hydrogens (tertiary/aromatic N) is 1. The van der Waals surface area contributed by atoms with Crippen LogP contribution in [-0.4, -0.2) is 4.98 Å². The van der Waals surface area contributed by atoms with E-state index in [1.807, 2.05) is 36.4 Å². The Hall–Kier alpha value is -2.54.